The van der Waals surface area contributed by atoms with Gasteiger partial charge in [-0.15, -0.1) is 0 Å². The minimum absolute atomic E-state index is 0.121. The molecule has 1 atom stereocenters. The zero-order valence-electron chi connectivity index (χ0n) is 15.9. The van der Waals surface area contributed by atoms with Crippen LogP contribution in [0.25, 0.3) is 0 Å². The van der Waals surface area contributed by atoms with Crippen LogP contribution in [0.2, 0.25) is 0 Å². The van der Waals surface area contributed by atoms with Gasteiger partial charge in [-0.1, -0.05) is 42.5 Å². The van der Waals surface area contributed by atoms with Gasteiger partial charge in [0.05, 0.1) is 7.11 Å². The molecule has 5 nitrogen and oxygen atoms in total. The first-order valence-corrected chi connectivity index (χ1v) is 9.03. The van der Waals surface area contributed by atoms with Gasteiger partial charge in [0.15, 0.2) is 0 Å². The van der Waals surface area contributed by atoms with Crippen molar-refractivity contribution in [3.8, 4) is 5.75 Å². The first-order chi connectivity index (χ1) is 14.0. The van der Waals surface area contributed by atoms with Gasteiger partial charge >= 0.3 is 0 Å². The number of methoxy groups -OCH3 is 1. The van der Waals surface area contributed by atoms with Crippen LogP contribution in [0.1, 0.15) is 27.5 Å². The van der Waals surface area contributed by atoms with E-state index >= 15 is 0 Å². The van der Waals surface area contributed by atoms with Gasteiger partial charge in [-0.2, -0.15) is 0 Å². The summed E-state index contributed by atoms with van der Waals surface area (Å²) < 4.78 is 18.6. The molecule has 0 bridgehead atoms. The maximum Gasteiger partial charge on any atom is 0.255 e. The van der Waals surface area contributed by atoms with Gasteiger partial charge in [-0.3, -0.25) is 9.59 Å². The number of primary amides is 1. The van der Waals surface area contributed by atoms with Crippen LogP contribution in [0.5, 0.6) is 5.75 Å². The number of nitrogens with zero attached hydrogens (tertiary/aromatic N) is 1. The van der Waals surface area contributed by atoms with E-state index in [1.807, 2.05) is 6.07 Å². The molecule has 2 amide bonds. The van der Waals surface area contributed by atoms with Crippen molar-refractivity contribution in [3.05, 3.63) is 101 Å². The van der Waals surface area contributed by atoms with Crippen LogP contribution in [-0.2, 0) is 11.3 Å². The summed E-state index contributed by atoms with van der Waals surface area (Å²) in [5, 5.41) is 0. The second-order valence-corrected chi connectivity index (χ2v) is 6.51. The molecule has 29 heavy (non-hydrogen) atoms. The smallest absolute Gasteiger partial charge is 0.255 e. The fourth-order valence-electron chi connectivity index (χ4n) is 3.14. The molecule has 0 aliphatic carbocycles. The molecule has 0 aliphatic rings. The molecular formula is C23H21FN2O3. The molecule has 0 radical (unpaired) electrons. The lowest BCUT2D eigenvalue weighted by molar-refractivity contribution is -0.122. The maximum atomic E-state index is 13.4. The minimum atomic E-state index is -1.06. The normalized spacial score (nSPS) is 11.5. The summed E-state index contributed by atoms with van der Waals surface area (Å²) in [6, 6.07) is 20.2. The SMILES string of the molecule is COc1cccc(CN(C(=O)c2ccccc2)C(C(N)=O)c2ccc(F)cc2)c1. The van der Waals surface area contributed by atoms with Crippen molar-refractivity contribution in [1.29, 1.82) is 0 Å². The molecule has 0 aliphatic heterocycles. The van der Waals surface area contributed by atoms with Gasteiger partial charge in [0.1, 0.15) is 17.6 Å². The van der Waals surface area contributed by atoms with Crippen LogP contribution in [0.4, 0.5) is 4.39 Å². The first kappa shape index (κ1) is 20.1. The van der Waals surface area contributed by atoms with E-state index in [1.165, 1.54) is 29.2 Å². The maximum absolute atomic E-state index is 13.4. The first-order valence-electron chi connectivity index (χ1n) is 9.03. The number of amides is 2. The monoisotopic (exact) mass is 392 g/mol. The molecule has 3 aromatic carbocycles. The Morgan fingerprint density at radius 2 is 1.69 bits per heavy atom. The number of hydrogen-bond donors (Lipinski definition) is 1. The van der Waals surface area contributed by atoms with Crippen molar-refractivity contribution < 1.29 is 18.7 Å². The van der Waals surface area contributed by atoms with Crippen LogP contribution in [0.15, 0.2) is 78.9 Å². The van der Waals surface area contributed by atoms with Crippen molar-refractivity contribution in [2.24, 2.45) is 5.73 Å². The lowest BCUT2D eigenvalue weighted by Crippen LogP contribution is -2.41. The topological polar surface area (TPSA) is 72.6 Å². The molecule has 0 saturated heterocycles. The number of carbonyl (C=O) groups is 2. The van der Waals surface area contributed by atoms with Gasteiger partial charge in [-0.25, -0.2) is 4.39 Å². The molecule has 148 valence electrons. The van der Waals surface area contributed by atoms with Crippen molar-refractivity contribution >= 4 is 11.8 Å². The Labute approximate surface area is 168 Å². The van der Waals surface area contributed by atoms with E-state index in [2.05, 4.69) is 0 Å². The van der Waals surface area contributed by atoms with Gasteiger partial charge < -0.3 is 15.4 Å². The lowest BCUT2D eigenvalue weighted by Gasteiger charge is -2.30. The summed E-state index contributed by atoms with van der Waals surface area (Å²) in [5.41, 5.74) is 7.30. The predicted octanol–water partition coefficient (Wildman–Crippen LogP) is 3.70. The summed E-state index contributed by atoms with van der Waals surface area (Å²) in [6.45, 7) is 0.121. The fraction of sp³-hybridized carbons (Fsp3) is 0.130. The zero-order valence-corrected chi connectivity index (χ0v) is 15.9. The Kier molecular flexibility index (Phi) is 6.24. The number of rotatable bonds is 7. The standard InChI is InChI=1S/C23H21FN2O3/c1-29-20-9-5-6-16(14-20)15-26(23(28)18-7-3-2-4-8-18)21(22(25)27)17-10-12-19(24)13-11-17/h2-14,21H,15H2,1H3,(H2,25,27). The van der Waals surface area contributed by atoms with E-state index in [0.717, 1.165) is 5.56 Å². The highest BCUT2D eigenvalue weighted by atomic mass is 19.1. The third-order valence-corrected chi connectivity index (χ3v) is 4.54. The van der Waals surface area contributed by atoms with Crippen LogP contribution < -0.4 is 10.5 Å². The number of benzene rings is 3. The molecule has 6 heteroatoms. The highest BCUT2D eigenvalue weighted by Gasteiger charge is 2.30. The summed E-state index contributed by atoms with van der Waals surface area (Å²) in [6.07, 6.45) is 0. The molecule has 0 aromatic heterocycles. The molecule has 0 saturated carbocycles. The van der Waals surface area contributed by atoms with E-state index in [4.69, 9.17) is 10.5 Å². The molecule has 2 N–H and O–H groups in total. The van der Waals surface area contributed by atoms with Crippen LogP contribution >= 0.6 is 0 Å². The van der Waals surface area contributed by atoms with Gasteiger partial charge in [0, 0.05) is 12.1 Å². The third-order valence-electron chi connectivity index (χ3n) is 4.54. The second kappa shape index (κ2) is 9.01. The minimum Gasteiger partial charge on any atom is -0.497 e. The molecule has 3 rings (SSSR count). The molecule has 0 heterocycles. The third kappa shape index (κ3) is 4.79. The summed E-state index contributed by atoms with van der Waals surface area (Å²) in [7, 11) is 1.55. The quantitative estimate of drug-likeness (QED) is 0.666. The van der Waals surface area contributed by atoms with E-state index in [0.29, 0.717) is 16.9 Å². The van der Waals surface area contributed by atoms with E-state index in [9.17, 15) is 14.0 Å². The summed E-state index contributed by atoms with van der Waals surface area (Å²) >= 11 is 0. The fourth-order valence-corrected chi connectivity index (χ4v) is 3.14. The number of carbonyl (C=O) groups excluding carboxylic acids is 2. The van der Waals surface area contributed by atoms with Gasteiger partial charge in [-0.05, 0) is 47.5 Å². The van der Waals surface area contributed by atoms with Crippen molar-refractivity contribution in [1.82, 2.24) is 4.90 Å². The van der Waals surface area contributed by atoms with Crippen molar-refractivity contribution in [2.75, 3.05) is 7.11 Å². The van der Waals surface area contributed by atoms with Crippen LogP contribution in [0.3, 0.4) is 0 Å². The highest BCUT2D eigenvalue weighted by Crippen LogP contribution is 2.26. The molecular weight excluding hydrogens is 371 g/mol. The van der Waals surface area contributed by atoms with Crippen LogP contribution in [0, 0.1) is 5.82 Å². The number of halogens is 1. The zero-order chi connectivity index (χ0) is 20.8. The molecule has 0 fully saturated rings. The molecule has 0 spiro atoms. The van der Waals surface area contributed by atoms with E-state index in [-0.39, 0.29) is 12.5 Å². The predicted molar refractivity (Wildman–Crippen MR) is 108 cm³/mol. The molecule has 1 unspecified atom stereocenters. The summed E-state index contributed by atoms with van der Waals surface area (Å²) in [5.74, 6) is -0.872. The Morgan fingerprint density at radius 3 is 2.31 bits per heavy atom. The second-order valence-electron chi connectivity index (χ2n) is 6.51. The van der Waals surface area contributed by atoms with Gasteiger partial charge in [0.25, 0.3) is 5.91 Å². The Morgan fingerprint density at radius 1 is 1.00 bits per heavy atom. The van der Waals surface area contributed by atoms with Gasteiger partial charge in [0.2, 0.25) is 5.91 Å². The summed E-state index contributed by atoms with van der Waals surface area (Å²) in [4.78, 5) is 27.1. The average molecular weight is 392 g/mol. The van der Waals surface area contributed by atoms with Crippen LogP contribution in [-0.4, -0.2) is 23.8 Å². The Balaban J connectivity index is 2.05. The molecule has 3 aromatic rings. The Hall–Kier alpha value is -3.67. The van der Waals surface area contributed by atoms with E-state index in [1.54, 1.807) is 55.6 Å². The Bertz CT molecular complexity index is 991. The van der Waals surface area contributed by atoms with E-state index < -0.39 is 17.8 Å². The average Bonchev–Trinajstić information content (AvgIpc) is 2.74. The number of hydrogen-bond acceptors (Lipinski definition) is 3. The largest absolute Gasteiger partial charge is 0.497 e. The number of ether oxygens (including phenoxy) is 1. The highest BCUT2D eigenvalue weighted by molar-refractivity contribution is 5.97. The lowest BCUT2D eigenvalue weighted by atomic mass is 10.0. The van der Waals surface area contributed by atoms with Crippen molar-refractivity contribution in [3.63, 3.8) is 0 Å². The van der Waals surface area contributed by atoms with Crippen molar-refractivity contribution in [2.45, 2.75) is 12.6 Å². The number of nitrogens with two attached hydrogens (primary N) is 1.